The fourth-order valence-electron chi connectivity index (χ4n) is 3.58. The molecule has 0 spiro atoms. The molecule has 0 atom stereocenters. The molecule has 3 aromatic carbocycles. The molecule has 1 aliphatic carbocycles. The Labute approximate surface area is 163 Å². The number of benzene rings is 3. The van der Waals surface area contributed by atoms with Crippen molar-refractivity contribution in [3.63, 3.8) is 0 Å². The molecule has 1 aliphatic rings. The summed E-state index contributed by atoms with van der Waals surface area (Å²) in [5, 5.41) is 13.1. The van der Waals surface area contributed by atoms with Crippen molar-refractivity contribution in [1.82, 2.24) is 0 Å². The van der Waals surface area contributed by atoms with E-state index < -0.39 is 17.6 Å². The lowest BCUT2D eigenvalue weighted by Gasteiger charge is -2.10. The molecule has 1 N–H and O–H groups in total. The number of ketones is 1. The number of hydrogen-bond donors (Lipinski definition) is 1. The molecule has 3 aromatic rings. The van der Waals surface area contributed by atoms with Gasteiger partial charge in [-0.05, 0) is 64.2 Å². The predicted octanol–water partition coefficient (Wildman–Crippen LogP) is 4.20. The van der Waals surface area contributed by atoms with Crippen LogP contribution in [0, 0.1) is 5.82 Å². The van der Waals surface area contributed by atoms with E-state index in [0.717, 1.165) is 33.7 Å². The van der Waals surface area contributed by atoms with E-state index in [2.05, 4.69) is 0 Å². The Kier molecular flexibility index (Phi) is 4.65. The Hall–Kier alpha value is -3.15. The Morgan fingerprint density at radius 3 is 2.28 bits per heavy atom. The van der Waals surface area contributed by atoms with E-state index in [9.17, 15) is 27.5 Å². The molecule has 0 saturated carbocycles. The number of aliphatic hydroxyl groups excluding tert-OH is 1. The zero-order valence-electron chi connectivity index (χ0n) is 15.2. The first kappa shape index (κ1) is 19.2. The first-order chi connectivity index (χ1) is 13.7. The molecule has 0 heterocycles. The van der Waals surface area contributed by atoms with Crippen molar-refractivity contribution in [3.05, 3.63) is 81.5 Å². The SMILES string of the molecule is O=C1CC=c2cc3ccc(CCc4ccc(C(F)(F)F)c(F)c4)cc3cc2=C1O. The maximum Gasteiger partial charge on any atom is 0.419 e. The number of halogens is 4. The summed E-state index contributed by atoms with van der Waals surface area (Å²) in [6.07, 6.45) is -1.86. The van der Waals surface area contributed by atoms with Crippen molar-refractivity contribution in [2.45, 2.75) is 25.4 Å². The Morgan fingerprint density at radius 2 is 1.59 bits per heavy atom. The zero-order chi connectivity index (χ0) is 20.8. The van der Waals surface area contributed by atoms with Gasteiger partial charge in [-0.2, -0.15) is 13.2 Å². The molecule has 148 valence electrons. The first-order valence-corrected chi connectivity index (χ1v) is 9.07. The summed E-state index contributed by atoms with van der Waals surface area (Å²) in [4.78, 5) is 11.7. The monoisotopic (exact) mass is 400 g/mol. The highest BCUT2D eigenvalue weighted by Gasteiger charge is 2.33. The standard InChI is InChI=1S/C23H16F4O2/c24-20-10-14(4-7-19(20)23(25,26)27)2-1-13-3-5-15-11-16-6-8-21(28)22(29)18(16)12-17(15)9-13/h3-7,9-12,29H,1-2,8H2. The van der Waals surface area contributed by atoms with Crippen LogP contribution in [0.15, 0.2) is 48.5 Å². The molecular formula is C23H16F4O2. The van der Waals surface area contributed by atoms with Gasteiger partial charge in [0.05, 0.1) is 5.56 Å². The normalized spacial score (nSPS) is 14.1. The predicted molar refractivity (Wildman–Crippen MR) is 102 cm³/mol. The molecule has 0 aromatic heterocycles. The number of carbonyl (C=O) groups excluding carboxylic acids is 1. The number of aryl methyl sites for hydroxylation is 2. The molecular weight excluding hydrogens is 384 g/mol. The van der Waals surface area contributed by atoms with Crippen LogP contribution < -0.4 is 10.4 Å². The number of fused-ring (bicyclic) bond motifs is 2. The zero-order valence-corrected chi connectivity index (χ0v) is 15.2. The van der Waals surface area contributed by atoms with Crippen molar-refractivity contribution >= 4 is 28.4 Å². The Balaban J connectivity index is 1.61. The number of Topliss-reactive ketones (excluding diaryl/α,β-unsaturated/α-hetero) is 1. The molecule has 4 rings (SSSR count). The smallest absolute Gasteiger partial charge is 0.419 e. The van der Waals surface area contributed by atoms with Gasteiger partial charge in [0.15, 0.2) is 5.76 Å². The number of aliphatic hydroxyl groups is 1. The van der Waals surface area contributed by atoms with Gasteiger partial charge in [-0.15, -0.1) is 0 Å². The summed E-state index contributed by atoms with van der Waals surface area (Å²) in [6, 6.07) is 12.4. The van der Waals surface area contributed by atoms with E-state index >= 15 is 0 Å². The minimum absolute atomic E-state index is 0.173. The third-order valence-corrected chi connectivity index (χ3v) is 5.14. The van der Waals surface area contributed by atoms with Crippen molar-refractivity contribution in [2.24, 2.45) is 0 Å². The van der Waals surface area contributed by atoms with Gasteiger partial charge >= 0.3 is 6.18 Å². The summed E-state index contributed by atoms with van der Waals surface area (Å²) in [6.45, 7) is 0. The molecule has 0 saturated heterocycles. The topological polar surface area (TPSA) is 37.3 Å². The van der Waals surface area contributed by atoms with E-state index in [1.54, 1.807) is 12.1 Å². The van der Waals surface area contributed by atoms with Crippen LogP contribution in [0.5, 0.6) is 0 Å². The van der Waals surface area contributed by atoms with Crippen LogP contribution in [0.25, 0.3) is 22.6 Å². The highest BCUT2D eigenvalue weighted by Crippen LogP contribution is 2.31. The van der Waals surface area contributed by atoms with Gasteiger partial charge in [0, 0.05) is 11.6 Å². The van der Waals surface area contributed by atoms with Crippen LogP contribution in [0.4, 0.5) is 17.6 Å². The number of hydrogen-bond acceptors (Lipinski definition) is 2. The highest BCUT2D eigenvalue weighted by molar-refractivity contribution is 6.14. The number of carbonyl (C=O) groups is 1. The van der Waals surface area contributed by atoms with Crippen molar-refractivity contribution in [1.29, 1.82) is 0 Å². The average molecular weight is 400 g/mol. The largest absolute Gasteiger partial charge is 0.504 e. The summed E-state index contributed by atoms with van der Waals surface area (Å²) >= 11 is 0. The molecule has 2 nitrogen and oxygen atoms in total. The van der Waals surface area contributed by atoms with Gasteiger partial charge < -0.3 is 5.11 Å². The summed E-state index contributed by atoms with van der Waals surface area (Å²) in [5.74, 6) is -1.83. The summed E-state index contributed by atoms with van der Waals surface area (Å²) in [5.41, 5.74) is 0.134. The van der Waals surface area contributed by atoms with Crippen LogP contribution in [-0.4, -0.2) is 10.9 Å². The molecule has 0 amide bonds. The molecule has 0 fully saturated rings. The lowest BCUT2D eigenvalue weighted by molar-refractivity contribution is -0.140. The lowest BCUT2D eigenvalue weighted by atomic mass is 9.97. The Bertz CT molecular complexity index is 1260. The van der Waals surface area contributed by atoms with Gasteiger partial charge in [0.25, 0.3) is 0 Å². The van der Waals surface area contributed by atoms with Crippen LogP contribution in [-0.2, 0) is 23.8 Å². The van der Waals surface area contributed by atoms with E-state index in [1.165, 1.54) is 6.07 Å². The first-order valence-electron chi connectivity index (χ1n) is 9.07. The highest BCUT2D eigenvalue weighted by atomic mass is 19.4. The molecule has 0 bridgehead atoms. The van der Waals surface area contributed by atoms with E-state index in [1.807, 2.05) is 24.3 Å². The average Bonchev–Trinajstić information content (AvgIpc) is 2.67. The van der Waals surface area contributed by atoms with Crippen LogP contribution >= 0.6 is 0 Å². The van der Waals surface area contributed by atoms with Gasteiger partial charge in [0.1, 0.15) is 5.82 Å². The summed E-state index contributed by atoms with van der Waals surface area (Å²) < 4.78 is 51.7. The van der Waals surface area contributed by atoms with Crippen LogP contribution in [0.3, 0.4) is 0 Å². The minimum Gasteiger partial charge on any atom is -0.504 e. The van der Waals surface area contributed by atoms with Gasteiger partial charge in [-0.1, -0.05) is 30.3 Å². The molecule has 0 unspecified atom stereocenters. The second kappa shape index (κ2) is 7.03. The van der Waals surface area contributed by atoms with Gasteiger partial charge in [-0.25, -0.2) is 4.39 Å². The second-order valence-corrected chi connectivity index (χ2v) is 7.11. The van der Waals surface area contributed by atoms with E-state index in [-0.39, 0.29) is 18.0 Å². The number of alkyl halides is 3. The lowest BCUT2D eigenvalue weighted by Crippen LogP contribution is -2.32. The molecule has 29 heavy (non-hydrogen) atoms. The maximum absolute atomic E-state index is 13.7. The van der Waals surface area contributed by atoms with Crippen molar-refractivity contribution in [2.75, 3.05) is 0 Å². The number of rotatable bonds is 3. The molecule has 0 radical (unpaired) electrons. The fraction of sp³-hybridized carbons (Fsp3) is 0.174. The van der Waals surface area contributed by atoms with Crippen LogP contribution in [0.2, 0.25) is 0 Å². The third kappa shape index (κ3) is 3.75. The van der Waals surface area contributed by atoms with Gasteiger partial charge in [0.2, 0.25) is 5.78 Å². The molecule has 6 heteroatoms. The van der Waals surface area contributed by atoms with E-state index in [0.29, 0.717) is 23.6 Å². The Morgan fingerprint density at radius 1 is 0.897 bits per heavy atom. The van der Waals surface area contributed by atoms with Crippen LogP contribution in [0.1, 0.15) is 23.1 Å². The van der Waals surface area contributed by atoms with Gasteiger partial charge in [-0.3, -0.25) is 4.79 Å². The quantitative estimate of drug-likeness (QED) is 0.669. The molecule has 0 aliphatic heterocycles. The van der Waals surface area contributed by atoms with E-state index in [4.69, 9.17) is 0 Å². The maximum atomic E-state index is 13.7. The fourth-order valence-corrected chi connectivity index (χ4v) is 3.58. The van der Waals surface area contributed by atoms with Crippen molar-refractivity contribution < 1.29 is 27.5 Å². The third-order valence-electron chi connectivity index (χ3n) is 5.14. The second-order valence-electron chi connectivity index (χ2n) is 7.11. The van der Waals surface area contributed by atoms with Crippen molar-refractivity contribution in [3.8, 4) is 0 Å². The minimum atomic E-state index is -4.71. The summed E-state index contributed by atoms with van der Waals surface area (Å²) in [7, 11) is 0.